The number of carbonyl (C=O) groups is 2. The van der Waals surface area contributed by atoms with Gasteiger partial charge in [0.15, 0.2) is 5.75 Å². The first-order chi connectivity index (χ1) is 11.3. The average molecular weight is 389 g/mol. The topological polar surface area (TPSA) is 78.6 Å². The molecule has 5 nitrogen and oxygen atoms in total. The minimum atomic E-state index is -0.821. The van der Waals surface area contributed by atoms with Crippen LogP contribution in [0.4, 0.5) is 0 Å². The maximum Gasteiger partial charge on any atom is 0.339 e. The maximum absolute atomic E-state index is 11.8. The molecule has 0 radical (unpaired) electrons. The van der Waals surface area contributed by atoms with Crippen molar-refractivity contribution in [1.82, 2.24) is 0 Å². The van der Waals surface area contributed by atoms with Gasteiger partial charge < -0.3 is 15.2 Å². The highest BCUT2D eigenvalue weighted by molar-refractivity contribution is 6.41. The van der Waals surface area contributed by atoms with Crippen LogP contribution in [0.2, 0.25) is 15.1 Å². The number of amides is 1. The highest BCUT2D eigenvalue weighted by Gasteiger charge is 2.24. The van der Waals surface area contributed by atoms with Gasteiger partial charge in [-0.15, -0.1) is 0 Å². The van der Waals surface area contributed by atoms with Gasteiger partial charge in [-0.25, -0.2) is 4.79 Å². The Bertz CT molecular complexity index is 791. The van der Waals surface area contributed by atoms with Gasteiger partial charge >= 0.3 is 5.97 Å². The van der Waals surface area contributed by atoms with Crippen molar-refractivity contribution in [1.29, 1.82) is 0 Å². The third-order valence-electron chi connectivity index (χ3n) is 3.13. The van der Waals surface area contributed by atoms with Crippen molar-refractivity contribution in [2.45, 2.75) is 6.61 Å². The van der Waals surface area contributed by atoms with E-state index in [1.54, 1.807) is 24.3 Å². The first-order valence-electron chi connectivity index (χ1n) is 6.62. The van der Waals surface area contributed by atoms with Crippen LogP contribution in [0, 0.1) is 0 Å². The summed E-state index contributed by atoms with van der Waals surface area (Å²) in [6, 6.07) is 8.08. The lowest BCUT2D eigenvalue weighted by Crippen LogP contribution is -2.15. The Morgan fingerprint density at radius 3 is 2.17 bits per heavy atom. The molecule has 0 aliphatic rings. The van der Waals surface area contributed by atoms with E-state index in [2.05, 4.69) is 4.74 Å². The number of esters is 1. The third-order valence-corrected chi connectivity index (χ3v) is 4.13. The largest absolute Gasteiger partial charge is 0.486 e. The Kier molecular flexibility index (Phi) is 5.94. The normalized spacial score (nSPS) is 10.3. The van der Waals surface area contributed by atoms with E-state index in [4.69, 9.17) is 45.3 Å². The number of ether oxygens (including phenoxy) is 2. The van der Waals surface area contributed by atoms with Crippen LogP contribution in [0.25, 0.3) is 0 Å². The number of rotatable bonds is 5. The van der Waals surface area contributed by atoms with Gasteiger partial charge in [-0.1, -0.05) is 46.9 Å². The van der Waals surface area contributed by atoms with Gasteiger partial charge in [-0.05, 0) is 23.8 Å². The second-order valence-electron chi connectivity index (χ2n) is 4.70. The molecule has 0 atom stereocenters. The molecule has 0 aliphatic heterocycles. The number of primary amides is 1. The Labute approximate surface area is 153 Å². The van der Waals surface area contributed by atoms with E-state index in [0.717, 1.165) is 5.56 Å². The molecule has 0 aliphatic carbocycles. The predicted octanol–water partition coefficient (Wildman–Crippen LogP) is 4.11. The van der Waals surface area contributed by atoms with Crippen molar-refractivity contribution < 1.29 is 19.1 Å². The van der Waals surface area contributed by atoms with E-state index in [-0.39, 0.29) is 33.5 Å². The van der Waals surface area contributed by atoms with Gasteiger partial charge in [0.2, 0.25) is 5.91 Å². The highest BCUT2D eigenvalue weighted by Crippen LogP contribution is 2.39. The SMILES string of the molecule is COC(=O)c1cc(C(N)=O)c(Cl)c(OCc2ccc(Cl)cc2)c1Cl. The van der Waals surface area contributed by atoms with Crippen molar-refractivity contribution in [2.24, 2.45) is 5.73 Å². The van der Waals surface area contributed by atoms with Gasteiger partial charge in [-0.2, -0.15) is 0 Å². The van der Waals surface area contributed by atoms with Crippen LogP contribution >= 0.6 is 34.8 Å². The van der Waals surface area contributed by atoms with Crippen molar-refractivity contribution in [2.75, 3.05) is 7.11 Å². The van der Waals surface area contributed by atoms with E-state index in [1.165, 1.54) is 13.2 Å². The summed E-state index contributed by atoms with van der Waals surface area (Å²) in [6.07, 6.45) is 0. The van der Waals surface area contributed by atoms with Crippen LogP contribution < -0.4 is 10.5 Å². The molecule has 0 saturated heterocycles. The molecule has 0 saturated carbocycles. The average Bonchev–Trinajstić information content (AvgIpc) is 2.55. The van der Waals surface area contributed by atoms with Gasteiger partial charge in [0.05, 0.1) is 28.3 Å². The van der Waals surface area contributed by atoms with Crippen LogP contribution in [0.3, 0.4) is 0 Å². The summed E-state index contributed by atoms with van der Waals surface area (Å²) in [5, 5.41) is 0.443. The quantitative estimate of drug-likeness (QED) is 0.782. The van der Waals surface area contributed by atoms with Gasteiger partial charge in [0, 0.05) is 5.02 Å². The van der Waals surface area contributed by atoms with Crippen LogP contribution in [0.1, 0.15) is 26.3 Å². The summed E-state index contributed by atoms with van der Waals surface area (Å²) in [7, 11) is 1.19. The molecule has 8 heteroatoms. The molecule has 0 fully saturated rings. The van der Waals surface area contributed by atoms with Crippen molar-refractivity contribution >= 4 is 46.7 Å². The summed E-state index contributed by atoms with van der Waals surface area (Å²) in [5.41, 5.74) is 5.91. The number of hydrogen-bond donors (Lipinski definition) is 1. The molecule has 126 valence electrons. The first kappa shape index (κ1) is 18.4. The van der Waals surface area contributed by atoms with Crippen LogP contribution in [0.15, 0.2) is 30.3 Å². The zero-order valence-electron chi connectivity index (χ0n) is 12.4. The van der Waals surface area contributed by atoms with Crippen molar-refractivity contribution in [3.8, 4) is 5.75 Å². The zero-order chi connectivity index (χ0) is 17.9. The molecule has 0 spiro atoms. The Hall–Kier alpha value is -1.95. The highest BCUT2D eigenvalue weighted by atomic mass is 35.5. The van der Waals surface area contributed by atoms with Gasteiger partial charge in [-0.3, -0.25) is 4.79 Å². The number of carbonyl (C=O) groups excluding carboxylic acids is 2. The molecule has 0 bridgehead atoms. The molecule has 0 heterocycles. The molecule has 1 amide bonds. The van der Waals surface area contributed by atoms with E-state index >= 15 is 0 Å². The fourth-order valence-corrected chi connectivity index (χ4v) is 2.66. The first-order valence-corrected chi connectivity index (χ1v) is 7.76. The molecule has 24 heavy (non-hydrogen) atoms. The minimum Gasteiger partial charge on any atom is -0.486 e. The fourth-order valence-electron chi connectivity index (χ4n) is 1.91. The fraction of sp³-hybridized carbons (Fsp3) is 0.125. The summed E-state index contributed by atoms with van der Waals surface area (Å²) in [4.78, 5) is 23.3. The Morgan fingerprint density at radius 1 is 1.04 bits per heavy atom. The van der Waals surface area contributed by atoms with Crippen LogP contribution in [-0.2, 0) is 11.3 Å². The number of benzene rings is 2. The number of nitrogens with two attached hydrogens (primary N) is 1. The minimum absolute atomic E-state index is 0.0232. The van der Waals surface area contributed by atoms with E-state index < -0.39 is 11.9 Å². The Balaban J connectivity index is 2.43. The van der Waals surface area contributed by atoms with Crippen LogP contribution in [-0.4, -0.2) is 19.0 Å². The van der Waals surface area contributed by atoms with Gasteiger partial charge in [0.1, 0.15) is 6.61 Å². The van der Waals surface area contributed by atoms with E-state index in [1.807, 2.05) is 0 Å². The second-order valence-corrected chi connectivity index (χ2v) is 5.89. The zero-order valence-corrected chi connectivity index (χ0v) is 14.7. The smallest absolute Gasteiger partial charge is 0.339 e. The number of methoxy groups -OCH3 is 1. The molecule has 2 N–H and O–H groups in total. The Morgan fingerprint density at radius 2 is 1.62 bits per heavy atom. The summed E-state index contributed by atoms with van der Waals surface area (Å²) in [5.74, 6) is -1.58. The summed E-state index contributed by atoms with van der Waals surface area (Å²) >= 11 is 18.1. The number of hydrogen-bond acceptors (Lipinski definition) is 4. The molecule has 0 aromatic heterocycles. The standard InChI is InChI=1S/C16H12Cl3NO4/c1-23-16(22)11-6-10(15(20)21)12(18)14(13(11)19)24-7-8-2-4-9(17)5-3-8/h2-6H,7H2,1H3,(H2,20,21). The second kappa shape index (κ2) is 7.75. The molecular formula is C16H12Cl3NO4. The lowest BCUT2D eigenvalue weighted by atomic mass is 10.1. The molecule has 2 rings (SSSR count). The monoisotopic (exact) mass is 387 g/mol. The lowest BCUT2D eigenvalue weighted by Gasteiger charge is -2.14. The molecule has 2 aromatic rings. The van der Waals surface area contributed by atoms with E-state index in [9.17, 15) is 9.59 Å². The van der Waals surface area contributed by atoms with Crippen LogP contribution in [0.5, 0.6) is 5.75 Å². The molecule has 2 aromatic carbocycles. The molecule has 0 unspecified atom stereocenters. The predicted molar refractivity (Wildman–Crippen MR) is 92.1 cm³/mol. The van der Waals surface area contributed by atoms with E-state index in [0.29, 0.717) is 5.02 Å². The maximum atomic E-state index is 11.8. The van der Waals surface area contributed by atoms with Gasteiger partial charge in [0.25, 0.3) is 0 Å². The van der Waals surface area contributed by atoms with Crippen molar-refractivity contribution in [3.05, 3.63) is 62.1 Å². The number of halogens is 3. The van der Waals surface area contributed by atoms with Crippen molar-refractivity contribution in [3.63, 3.8) is 0 Å². The third kappa shape index (κ3) is 3.93. The lowest BCUT2D eigenvalue weighted by molar-refractivity contribution is 0.0600. The summed E-state index contributed by atoms with van der Waals surface area (Å²) < 4.78 is 10.2. The molecular weight excluding hydrogens is 377 g/mol. The summed E-state index contributed by atoms with van der Waals surface area (Å²) in [6.45, 7) is 0.0967.